The maximum Gasteiger partial charge on any atom is 0.408 e. The van der Waals surface area contributed by atoms with E-state index in [4.69, 9.17) is 9.47 Å². The number of hydrogen-bond donors (Lipinski definition) is 1. The zero-order chi connectivity index (χ0) is 13.8. The van der Waals surface area contributed by atoms with Gasteiger partial charge in [0.25, 0.3) is 0 Å². The van der Waals surface area contributed by atoms with Crippen LogP contribution in [0.25, 0.3) is 0 Å². The minimum Gasteiger partial charge on any atom is -0.469 e. The molecule has 1 aliphatic rings. The number of alkyl carbamates (subject to hydrolysis) is 1. The molecule has 0 aromatic heterocycles. The summed E-state index contributed by atoms with van der Waals surface area (Å²) in [5.41, 5.74) is -0.524. The topological polar surface area (TPSA) is 64.6 Å². The van der Waals surface area contributed by atoms with Crippen molar-refractivity contribution in [3.8, 4) is 0 Å². The summed E-state index contributed by atoms with van der Waals surface area (Å²) in [4.78, 5) is 23.0. The van der Waals surface area contributed by atoms with Gasteiger partial charge in [-0.25, -0.2) is 4.79 Å². The molecule has 2 atom stereocenters. The molecule has 0 saturated carbocycles. The first-order valence-electron chi connectivity index (χ1n) is 6.06. The smallest absolute Gasteiger partial charge is 0.408 e. The summed E-state index contributed by atoms with van der Waals surface area (Å²) < 4.78 is 9.87. The highest BCUT2D eigenvalue weighted by Gasteiger charge is 2.26. The van der Waals surface area contributed by atoms with Gasteiger partial charge in [0.05, 0.1) is 19.1 Å². The highest BCUT2D eigenvalue weighted by molar-refractivity contribution is 5.73. The number of nitrogens with one attached hydrogen (secondary N) is 1. The molecule has 0 aromatic rings. The Morgan fingerprint density at radius 3 is 2.56 bits per heavy atom. The van der Waals surface area contributed by atoms with E-state index in [-0.39, 0.29) is 17.9 Å². The lowest BCUT2D eigenvalue weighted by atomic mass is 9.91. The summed E-state index contributed by atoms with van der Waals surface area (Å²) in [6.07, 6.45) is 4.49. The van der Waals surface area contributed by atoms with E-state index in [0.29, 0.717) is 12.8 Å². The van der Waals surface area contributed by atoms with E-state index in [1.807, 2.05) is 12.2 Å². The maximum absolute atomic E-state index is 11.6. The zero-order valence-corrected chi connectivity index (χ0v) is 11.4. The van der Waals surface area contributed by atoms with Crippen molar-refractivity contribution in [1.29, 1.82) is 0 Å². The number of allylic oxidation sites excluding steroid dienone is 1. The standard InChI is InChI=1S/C13H21NO4/c1-13(2,3)18-12(16)14-10-7-5-6-9(8-10)11(15)17-4/h5,7,9-10H,6,8H2,1-4H3,(H,14,16)/t9-,10+/m0/s1. The van der Waals surface area contributed by atoms with E-state index in [9.17, 15) is 9.59 Å². The van der Waals surface area contributed by atoms with Gasteiger partial charge in [0, 0.05) is 0 Å². The fourth-order valence-electron chi connectivity index (χ4n) is 1.81. The fraction of sp³-hybridized carbons (Fsp3) is 0.692. The Morgan fingerprint density at radius 2 is 2.00 bits per heavy atom. The van der Waals surface area contributed by atoms with Crippen molar-refractivity contribution in [2.75, 3.05) is 7.11 Å². The summed E-state index contributed by atoms with van der Waals surface area (Å²) in [6, 6.07) is -0.183. The third-order valence-corrected chi connectivity index (χ3v) is 2.56. The van der Waals surface area contributed by atoms with Crippen molar-refractivity contribution in [2.45, 2.75) is 45.3 Å². The molecule has 0 aromatic carbocycles. The van der Waals surface area contributed by atoms with Gasteiger partial charge in [0.2, 0.25) is 0 Å². The van der Waals surface area contributed by atoms with Gasteiger partial charge in [-0.3, -0.25) is 4.79 Å². The molecule has 5 nitrogen and oxygen atoms in total. The minimum atomic E-state index is -0.524. The Hall–Kier alpha value is -1.52. The molecule has 0 saturated heterocycles. The molecule has 0 bridgehead atoms. The first-order chi connectivity index (χ1) is 8.31. The minimum absolute atomic E-state index is 0.183. The molecule has 0 radical (unpaired) electrons. The van der Waals surface area contributed by atoms with Crippen LogP contribution in [0.3, 0.4) is 0 Å². The number of methoxy groups -OCH3 is 1. The van der Waals surface area contributed by atoms with Gasteiger partial charge < -0.3 is 14.8 Å². The van der Waals surface area contributed by atoms with E-state index in [0.717, 1.165) is 0 Å². The molecule has 0 heterocycles. The monoisotopic (exact) mass is 255 g/mol. The summed E-state index contributed by atoms with van der Waals surface area (Å²) in [5, 5.41) is 2.73. The van der Waals surface area contributed by atoms with Gasteiger partial charge in [-0.2, -0.15) is 0 Å². The van der Waals surface area contributed by atoms with Gasteiger partial charge in [0.15, 0.2) is 0 Å². The first-order valence-corrected chi connectivity index (χ1v) is 6.06. The van der Waals surface area contributed by atoms with Crippen molar-refractivity contribution in [2.24, 2.45) is 5.92 Å². The normalized spacial score (nSPS) is 23.3. The predicted molar refractivity (Wildman–Crippen MR) is 67.0 cm³/mol. The lowest BCUT2D eigenvalue weighted by Crippen LogP contribution is -2.41. The molecule has 102 valence electrons. The van der Waals surface area contributed by atoms with E-state index >= 15 is 0 Å². The molecular weight excluding hydrogens is 234 g/mol. The number of hydrogen-bond acceptors (Lipinski definition) is 4. The number of carbonyl (C=O) groups excluding carboxylic acids is 2. The van der Waals surface area contributed by atoms with Crippen LogP contribution < -0.4 is 5.32 Å². The Balaban J connectivity index is 2.48. The highest BCUT2D eigenvalue weighted by atomic mass is 16.6. The maximum atomic E-state index is 11.6. The van der Waals surface area contributed by atoms with Crippen molar-refractivity contribution in [3.63, 3.8) is 0 Å². The fourth-order valence-corrected chi connectivity index (χ4v) is 1.81. The van der Waals surface area contributed by atoms with Crippen LogP contribution in [0.1, 0.15) is 33.6 Å². The van der Waals surface area contributed by atoms with Gasteiger partial charge >= 0.3 is 12.1 Å². The van der Waals surface area contributed by atoms with E-state index < -0.39 is 11.7 Å². The molecule has 5 heteroatoms. The van der Waals surface area contributed by atoms with E-state index in [1.165, 1.54) is 7.11 Å². The Morgan fingerprint density at radius 1 is 1.33 bits per heavy atom. The number of rotatable bonds is 2. The molecule has 1 aliphatic carbocycles. The highest BCUT2D eigenvalue weighted by Crippen LogP contribution is 2.20. The molecule has 0 fully saturated rings. The average molecular weight is 255 g/mol. The van der Waals surface area contributed by atoms with Crippen LogP contribution in [0.15, 0.2) is 12.2 Å². The van der Waals surface area contributed by atoms with E-state index in [1.54, 1.807) is 20.8 Å². The second-order valence-corrected chi connectivity index (χ2v) is 5.37. The molecule has 0 unspecified atom stereocenters. The van der Waals surface area contributed by atoms with Crippen molar-refractivity contribution >= 4 is 12.1 Å². The van der Waals surface area contributed by atoms with Gasteiger partial charge in [-0.05, 0) is 33.6 Å². The van der Waals surface area contributed by atoms with Crippen molar-refractivity contribution < 1.29 is 19.1 Å². The molecule has 1 N–H and O–H groups in total. The van der Waals surface area contributed by atoms with Gasteiger partial charge in [-0.1, -0.05) is 12.2 Å². The zero-order valence-electron chi connectivity index (χ0n) is 11.4. The Bertz CT molecular complexity index is 343. The number of amides is 1. The number of esters is 1. The molecule has 0 spiro atoms. The third kappa shape index (κ3) is 4.77. The first kappa shape index (κ1) is 14.5. The summed E-state index contributed by atoms with van der Waals surface area (Å²) in [5.74, 6) is -0.435. The van der Waals surface area contributed by atoms with Crippen LogP contribution in [-0.4, -0.2) is 30.8 Å². The molecular formula is C13H21NO4. The second-order valence-electron chi connectivity index (χ2n) is 5.37. The van der Waals surface area contributed by atoms with Gasteiger partial charge in [0.1, 0.15) is 5.60 Å². The average Bonchev–Trinajstić information content (AvgIpc) is 2.25. The van der Waals surface area contributed by atoms with Crippen LogP contribution in [0.5, 0.6) is 0 Å². The third-order valence-electron chi connectivity index (χ3n) is 2.56. The Labute approximate surface area is 108 Å². The summed E-state index contributed by atoms with van der Waals surface area (Å²) in [6.45, 7) is 5.42. The molecule has 1 amide bonds. The van der Waals surface area contributed by atoms with Crippen LogP contribution in [0.4, 0.5) is 4.79 Å². The lowest BCUT2D eigenvalue weighted by molar-refractivity contribution is -0.145. The molecule has 0 aliphatic heterocycles. The van der Waals surface area contributed by atoms with Crippen LogP contribution >= 0.6 is 0 Å². The summed E-state index contributed by atoms with van der Waals surface area (Å²) >= 11 is 0. The van der Waals surface area contributed by atoms with Crippen molar-refractivity contribution in [1.82, 2.24) is 5.32 Å². The van der Waals surface area contributed by atoms with E-state index in [2.05, 4.69) is 5.32 Å². The Kier molecular flexibility index (Phi) is 4.76. The largest absolute Gasteiger partial charge is 0.469 e. The second kappa shape index (κ2) is 5.89. The summed E-state index contributed by atoms with van der Waals surface area (Å²) in [7, 11) is 1.37. The number of carbonyl (C=O) groups is 2. The predicted octanol–water partition coefficient (Wildman–Crippen LogP) is 2.02. The molecule has 1 rings (SSSR count). The SMILES string of the molecule is COC(=O)[C@H]1CC=C[C@@H](NC(=O)OC(C)(C)C)C1. The molecule has 18 heavy (non-hydrogen) atoms. The van der Waals surface area contributed by atoms with Gasteiger partial charge in [-0.15, -0.1) is 0 Å². The van der Waals surface area contributed by atoms with Crippen LogP contribution in [0.2, 0.25) is 0 Å². The van der Waals surface area contributed by atoms with Crippen LogP contribution in [0, 0.1) is 5.92 Å². The van der Waals surface area contributed by atoms with Crippen molar-refractivity contribution in [3.05, 3.63) is 12.2 Å². The number of ether oxygens (including phenoxy) is 2. The van der Waals surface area contributed by atoms with Crippen LogP contribution in [-0.2, 0) is 14.3 Å². The quantitative estimate of drug-likeness (QED) is 0.605. The lowest BCUT2D eigenvalue weighted by Gasteiger charge is -2.26.